The molecule has 2 aliphatic heterocycles. The molecule has 3 aromatic rings. The van der Waals surface area contributed by atoms with Crippen LogP contribution >= 0.6 is 22.7 Å². The predicted octanol–water partition coefficient (Wildman–Crippen LogP) is 8.39. The molecule has 7 rings (SSSR count). The van der Waals surface area contributed by atoms with Crippen molar-refractivity contribution in [3.05, 3.63) is 108 Å². The van der Waals surface area contributed by atoms with E-state index in [1.165, 1.54) is 16.4 Å². The topological polar surface area (TPSA) is 356 Å². The number of ether oxygens (including phenoxy) is 3. The maximum absolute atomic E-state index is 14.1. The third-order valence-electron chi connectivity index (χ3n) is 18.9. The van der Waals surface area contributed by atoms with Crippen LogP contribution in [0.3, 0.4) is 0 Å². The van der Waals surface area contributed by atoms with Crippen LogP contribution in [0.4, 0.5) is 0 Å². The van der Waals surface area contributed by atoms with Crippen LogP contribution in [0.5, 0.6) is 0 Å². The molecule has 0 unspecified atom stereocenters. The molecule has 0 saturated heterocycles. The molecule has 4 aliphatic rings. The Bertz CT molecular complexity index is 3650. The van der Waals surface area contributed by atoms with Gasteiger partial charge in [0.05, 0.1) is 54.5 Å². The number of nitrogens with one attached hydrogen (secondary N) is 1. The monoisotopic (exact) mass is 1480 g/mol. The summed E-state index contributed by atoms with van der Waals surface area (Å²) < 4.78 is 127. The minimum absolute atomic E-state index is 0.0459. The van der Waals surface area contributed by atoms with Gasteiger partial charge < -0.3 is 50.0 Å². The first kappa shape index (κ1) is 80.9. The van der Waals surface area contributed by atoms with Gasteiger partial charge in [0.15, 0.2) is 9.84 Å². The van der Waals surface area contributed by atoms with Crippen molar-refractivity contribution in [3.63, 3.8) is 0 Å². The zero-order valence-electron chi connectivity index (χ0n) is 56.7. The number of sulfonamides is 3. The second kappa shape index (κ2) is 38.7. The van der Waals surface area contributed by atoms with E-state index in [4.69, 9.17) is 19.3 Å². The Balaban J connectivity index is 0.767. The number of hydrogen-bond donors (Lipinski definition) is 7. The molecule has 23 nitrogen and oxygen atoms in total. The van der Waals surface area contributed by atoms with Crippen molar-refractivity contribution in [1.82, 2.24) is 14.5 Å². The molecule has 1 amide bonds. The molecule has 2 fully saturated rings. The summed E-state index contributed by atoms with van der Waals surface area (Å²) in [6, 6.07) is 11.5. The lowest BCUT2D eigenvalue weighted by atomic mass is 9.89. The minimum Gasteiger partial charge on any atom is -0.465 e. The normalized spacial score (nSPS) is 25.7. The number of hydrogen-bond acceptors (Lipinski definition) is 21. The zero-order valence-corrected chi connectivity index (χ0v) is 61.6. The third kappa shape index (κ3) is 22.8. The Kier molecular flexibility index (Phi) is 32.0. The SMILES string of the molecule is CCN[C@H]1C[C@H](C)S(=O)(=O)c2sc(S(=O)(=O)N=CCCOC(=O)CCC/C=C\C[C@@H]3[C@@H](/C=C/[C@H](CCCCCCOCCCN4C[C@H](N(CC)C(=O)CCC/C=C\C[C@@H]5[C@@H](/C=C/[C@@H](O)CCc6ccccc6)[C@H](O)C[C@@H]5O)c5cc(S(N)(=O)=O)sc5S4(=O)=O)OC)[C@H](O)C[C@@H]3O)cc21. The molecule has 29 heteroatoms. The maximum Gasteiger partial charge on any atom is 0.305 e. The van der Waals surface area contributed by atoms with Crippen molar-refractivity contribution in [3.8, 4) is 0 Å². The highest BCUT2D eigenvalue weighted by molar-refractivity contribution is 7.96. The summed E-state index contributed by atoms with van der Waals surface area (Å²) in [5.41, 5.74) is 1.79. The molecule has 2 saturated carbocycles. The average Bonchev–Trinajstić information content (AvgIpc) is 1.79. The Hall–Kier alpha value is -4.41. The summed E-state index contributed by atoms with van der Waals surface area (Å²) in [7, 11) is -14.6. The number of fused-ring (bicyclic) bond motifs is 2. The van der Waals surface area contributed by atoms with Gasteiger partial charge in [-0.2, -0.15) is 17.1 Å². The van der Waals surface area contributed by atoms with Crippen LogP contribution in [0, 0.1) is 23.7 Å². The number of thiophene rings is 2. The highest BCUT2D eigenvalue weighted by Gasteiger charge is 2.45. The van der Waals surface area contributed by atoms with Crippen LogP contribution in [-0.4, -0.2) is 181 Å². The third-order valence-corrected chi connectivity index (χ3v) is 29.5. The molecular formula is C69H103N5O18S6. The quantitative estimate of drug-likeness (QED) is 0.0121. The Morgan fingerprint density at radius 1 is 0.755 bits per heavy atom. The predicted molar refractivity (Wildman–Crippen MR) is 379 cm³/mol. The number of benzene rings is 1. The summed E-state index contributed by atoms with van der Waals surface area (Å²) in [6.45, 7) is 6.80. The minimum atomic E-state index is -4.26. The van der Waals surface area contributed by atoms with Crippen molar-refractivity contribution in [2.75, 3.05) is 53.1 Å². The first-order valence-electron chi connectivity index (χ1n) is 34.4. The largest absolute Gasteiger partial charge is 0.465 e. The summed E-state index contributed by atoms with van der Waals surface area (Å²) in [5, 5.41) is 62.0. The summed E-state index contributed by atoms with van der Waals surface area (Å²) >= 11 is 1.29. The van der Waals surface area contributed by atoms with Gasteiger partial charge in [-0.05, 0) is 127 Å². The molecule has 0 spiro atoms. The first-order valence-corrected chi connectivity index (χ1v) is 42.0. The van der Waals surface area contributed by atoms with Crippen molar-refractivity contribution < 1.29 is 83.0 Å². The number of sulfone groups is 1. The number of aliphatic hydroxyl groups is 5. The molecule has 13 atom stereocenters. The second-order valence-corrected chi connectivity index (χ2v) is 36.4. The standard InChI is InChI=1S/C69H103N5O18S6/c1-5-71-58-42-48(3)95(82,83)68-56(58)43-67(94-68)97(86,87)72-37-22-41-92-65(81)30-20-10-8-18-28-53-55(63(79)46-61(53)77)36-34-51(90-4)26-16-11-12-21-39-91-40-23-38-73-47-59(57-44-66(96(70,84)85)93-69(57)98(73,88)89)74(6-2)64(80)29-19-9-7-17-27-52-54(62(78)45-60(52)76)35-33-50(75)32-31-49-24-14-13-15-25-49/h7-8,13-15,17-18,24-25,33-37,43-44,48,50-55,58-63,71,75-79H,5-6,9-12,16,19-23,26-32,38-42,45-47H2,1-4H3,(H2,70,84,85)/b17-7-,18-8-,35-33+,36-34+,72-37?/t48-,50-,51-,52+,53+,54+,55+,58-,59-,60-,61-,62+,63+/m0/s1. The van der Waals surface area contributed by atoms with E-state index in [-0.39, 0.29) is 129 Å². The van der Waals surface area contributed by atoms with Crippen LogP contribution in [0.1, 0.15) is 172 Å². The van der Waals surface area contributed by atoms with E-state index in [2.05, 4.69) is 9.71 Å². The van der Waals surface area contributed by atoms with E-state index in [1.807, 2.05) is 79.8 Å². The highest BCUT2D eigenvalue weighted by atomic mass is 32.3. The number of nitrogens with zero attached hydrogens (tertiary/aromatic N) is 3. The van der Waals surface area contributed by atoms with Crippen molar-refractivity contribution >= 4 is 80.7 Å². The molecule has 0 bridgehead atoms. The van der Waals surface area contributed by atoms with Crippen molar-refractivity contribution in [2.24, 2.45) is 33.2 Å². The highest BCUT2D eigenvalue weighted by Crippen LogP contribution is 2.45. The average molecular weight is 1480 g/mol. The molecule has 8 N–H and O–H groups in total. The summed E-state index contributed by atoms with van der Waals surface area (Å²) in [6.07, 6.45) is 22.6. The van der Waals surface area contributed by atoms with Gasteiger partial charge in [-0.3, -0.25) is 9.59 Å². The van der Waals surface area contributed by atoms with Gasteiger partial charge in [0, 0.05) is 107 Å². The fourth-order valence-electron chi connectivity index (χ4n) is 13.4. The number of likely N-dealkylation sites (N-methyl/N-ethyl adjacent to an activating group) is 1. The fourth-order valence-corrected chi connectivity index (χ4v) is 22.6. The van der Waals surface area contributed by atoms with Gasteiger partial charge in [-0.25, -0.2) is 30.4 Å². The molecule has 98 heavy (non-hydrogen) atoms. The van der Waals surface area contributed by atoms with Gasteiger partial charge in [-0.1, -0.05) is 105 Å². The molecule has 548 valence electrons. The summed E-state index contributed by atoms with van der Waals surface area (Å²) in [5.74, 6) is -1.74. The number of amides is 1. The Labute approximate surface area is 588 Å². The fraction of sp³-hybridized carbons (Fsp3) is 0.638. The molecular weight excluding hydrogens is 1380 g/mol. The molecule has 2 aromatic heterocycles. The smallest absolute Gasteiger partial charge is 0.305 e. The van der Waals surface area contributed by atoms with E-state index in [0.717, 1.165) is 43.9 Å². The van der Waals surface area contributed by atoms with E-state index < -0.39 is 87.7 Å². The van der Waals surface area contributed by atoms with Crippen LogP contribution in [-0.2, 0) is 70.1 Å². The lowest BCUT2D eigenvalue weighted by molar-refractivity contribution is -0.143. The number of aliphatic hydroxyl groups excluding tert-OH is 5. The van der Waals surface area contributed by atoms with E-state index >= 15 is 0 Å². The van der Waals surface area contributed by atoms with Gasteiger partial charge in [0.2, 0.25) is 15.9 Å². The van der Waals surface area contributed by atoms with Gasteiger partial charge in [0.1, 0.15) is 16.8 Å². The number of esters is 1. The number of nitrogens with two attached hydrogens (primary N) is 1. The molecule has 2 aliphatic carbocycles. The maximum atomic E-state index is 14.1. The van der Waals surface area contributed by atoms with E-state index in [0.29, 0.717) is 106 Å². The number of aryl methyl sites for hydroxylation is 1. The van der Waals surface area contributed by atoms with Crippen LogP contribution in [0.2, 0.25) is 0 Å². The van der Waals surface area contributed by atoms with E-state index in [1.54, 1.807) is 31.9 Å². The van der Waals surface area contributed by atoms with Gasteiger partial charge >= 0.3 is 5.97 Å². The van der Waals surface area contributed by atoms with Gasteiger partial charge in [-0.15, -0.1) is 22.7 Å². The lowest BCUT2D eigenvalue weighted by Gasteiger charge is -2.38. The molecule has 4 heterocycles. The zero-order chi connectivity index (χ0) is 71.2. The van der Waals surface area contributed by atoms with Crippen LogP contribution < -0.4 is 10.5 Å². The Morgan fingerprint density at radius 2 is 1.38 bits per heavy atom. The number of allylic oxidation sites excluding steroid dienone is 4. The van der Waals surface area contributed by atoms with Crippen LogP contribution in [0.25, 0.3) is 0 Å². The van der Waals surface area contributed by atoms with Crippen molar-refractivity contribution in [1.29, 1.82) is 0 Å². The second-order valence-electron chi connectivity index (χ2n) is 25.9. The number of rotatable bonds is 41. The summed E-state index contributed by atoms with van der Waals surface area (Å²) in [4.78, 5) is 28.0. The molecule has 1 aromatic carbocycles. The number of methoxy groups -OCH3 is 1. The first-order chi connectivity index (χ1) is 46.7. The van der Waals surface area contributed by atoms with Gasteiger partial charge in [0.25, 0.3) is 20.0 Å². The number of carbonyl (C=O) groups excluding carboxylic acids is 2. The van der Waals surface area contributed by atoms with E-state index in [9.17, 15) is 68.8 Å². The molecule has 0 radical (unpaired) electrons. The number of unbranched alkanes of at least 4 members (excludes halogenated alkanes) is 5. The number of primary sulfonamides is 1. The number of carbonyl (C=O) groups is 2. The Morgan fingerprint density at radius 3 is 2.02 bits per heavy atom. The lowest BCUT2D eigenvalue weighted by Crippen LogP contribution is -2.47. The van der Waals surface area contributed by atoms with Crippen LogP contribution in [0.15, 0.2) is 112 Å². The van der Waals surface area contributed by atoms with Crippen molar-refractivity contribution in [2.45, 2.75) is 220 Å².